The van der Waals surface area contributed by atoms with Crippen molar-refractivity contribution >= 4 is 22.0 Å². The van der Waals surface area contributed by atoms with Crippen LogP contribution in [0.25, 0.3) is 0 Å². The lowest BCUT2D eigenvalue weighted by atomic mass is 10.1. The third-order valence-electron chi connectivity index (χ3n) is 3.92. The van der Waals surface area contributed by atoms with Gasteiger partial charge < -0.3 is 14.5 Å². The molecule has 1 aromatic carbocycles. The zero-order chi connectivity index (χ0) is 20.2. The lowest BCUT2D eigenvalue weighted by Gasteiger charge is -2.34. The number of sulfonamides is 1. The maximum atomic E-state index is 12.7. The lowest BCUT2D eigenvalue weighted by molar-refractivity contribution is 0.0570. The Labute approximate surface area is 160 Å². The number of amides is 2. The number of piperazine rings is 1. The first-order valence-electron chi connectivity index (χ1n) is 8.88. The summed E-state index contributed by atoms with van der Waals surface area (Å²) in [5.74, 6) is -0.258. The normalized spacial score (nSPS) is 15.6. The minimum absolute atomic E-state index is 0.0495. The molecule has 1 heterocycles. The van der Waals surface area contributed by atoms with E-state index in [0.29, 0.717) is 38.3 Å². The van der Waals surface area contributed by atoms with Gasteiger partial charge in [-0.25, -0.2) is 17.9 Å². The molecular formula is C18H27N3O5S. The van der Waals surface area contributed by atoms with Gasteiger partial charge in [-0.05, 0) is 45.9 Å². The summed E-state index contributed by atoms with van der Waals surface area (Å²) in [7, 11) is -3.72. The van der Waals surface area contributed by atoms with E-state index in [0.717, 1.165) is 0 Å². The Morgan fingerprint density at radius 1 is 1.11 bits per heavy atom. The van der Waals surface area contributed by atoms with E-state index < -0.39 is 15.6 Å². The summed E-state index contributed by atoms with van der Waals surface area (Å²) in [6.07, 6.45) is -0.383. The highest BCUT2D eigenvalue weighted by Gasteiger charge is 2.27. The molecule has 0 saturated carbocycles. The molecule has 8 nitrogen and oxygen atoms in total. The highest BCUT2D eigenvalue weighted by Crippen LogP contribution is 2.17. The minimum Gasteiger partial charge on any atom is -0.450 e. The zero-order valence-electron chi connectivity index (χ0n) is 16.2. The number of carbonyl (C=O) groups excluding carboxylic acids is 2. The molecule has 1 N–H and O–H groups in total. The Balaban J connectivity index is 2.09. The number of nitrogens with zero attached hydrogens (tertiary/aromatic N) is 2. The van der Waals surface area contributed by atoms with Crippen molar-refractivity contribution in [3.8, 4) is 0 Å². The van der Waals surface area contributed by atoms with E-state index in [1.807, 2.05) is 0 Å². The summed E-state index contributed by atoms with van der Waals surface area (Å²) >= 11 is 0. The lowest BCUT2D eigenvalue weighted by Crippen LogP contribution is -2.50. The molecule has 0 atom stereocenters. The van der Waals surface area contributed by atoms with Crippen LogP contribution in [0.15, 0.2) is 29.2 Å². The van der Waals surface area contributed by atoms with Crippen LogP contribution < -0.4 is 4.72 Å². The molecule has 1 aliphatic heterocycles. The highest BCUT2D eigenvalue weighted by atomic mass is 32.2. The Morgan fingerprint density at radius 3 is 2.26 bits per heavy atom. The van der Waals surface area contributed by atoms with Gasteiger partial charge in [0.05, 0.1) is 11.5 Å². The Bertz CT molecular complexity index is 793. The number of ether oxygens (including phenoxy) is 1. The van der Waals surface area contributed by atoms with Gasteiger partial charge in [-0.1, -0.05) is 6.07 Å². The van der Waals surface area contributed by atoms with Gasteiger partial charge in [-0.3, -0.25) is 4.79 Å². The molecule has 9 heteroatoms. The van der Waals surface area contributed by atoms with Crippen LogP contribution in [0.1, 0.15) is 38.1 Å². The van der Waals surface area contributed by atoms with Crippen LogP contribution in [0.4, 0.5) is 4.79 Å². The monoisotopic (exact) mass is 397 g/mol. The highest BCUT2D eigenvalue weighted by molar-refractivity contribution is 7.89. The van der Waals surface area contributed by atoms with Crippen LogP contribution in [-0.2, 0) is 14.8 Å². The number of hydrogen-bond donors (Lipinski definition) is 1. The average molecular weight is 397 g/mol. The van der Waals surface area contributed by atoms with Crippen molar-refractivity contribution in [3.63, 3.8) is 0 Å². The van der Waals surface area contributed by atoms with E-state index in [-0.39, 0.29) is 16.9 Å². The predicted molar refractivity (Wildman–Crippen MR) is 101 cm³/mol. The third-order valence-corrected chi connectivity index (χ3v) is 5.68. The number of carbonyl (C=O) groups is 2. The first kappa shape index (κ1) is 21.2. The maximum absolute atomic E-state index is 12.7. The van der Waals surface area contributed by atoms with E-state index in [2.05, 4.69) is 4.72 Å². The van der Waals surface area contributed by atoms with Crippen LogP contribution in [0.5, 0.6) is 0 Å². The van der Waals surface area contributed by atoms with Crippen molar-refractivity contribution in [1.29, 1.82) is 0 Å². The maximum Gasteiger partial charge on any atom is 0.409 e. The number of rotatable bonds is 4. The average Bonchev–Trinajstić information content (AvgIpc) is 2.59. The van der Waals surface area contributed by atoms with Gasteiger partial charge in [0, 0.05) is 37.3 Å². The van der Waals surface area contributed by atoms with Crippen LogP contribution in [0, 0.1) is 0 Å². The molecular weight excluding hydrogens is 370 g/mol. The van der Waals surface area contributed by atoms with Crippen LogP contribution >= 0.6 is 0 Å². The Kier molecular flexibility index (Phi) is 6.48. The fraction of sp³-hybridized carbons (Fsp3) is 0.556. The van der Waals surface area contributed by atoms with Crippen molar-refractivity contribution in [1.82, 2.24) is 14.5 Å². The zero-order valence-corrected chi connectivity index (χ0v) is 17.0. The standard InChI is InChI=1S/C18H27N3O5S/c1-5-26-17(23)21-11-9-20(10-12-21)16(22)14-7-6-8-15(13-14)27(24,25)19-18(2,3)4/h6-8,13,19H,5,9-12H2,1-4H3. The van der Waals surface area contributed by atoms with Crippen molar-refractivity contribution < 1.29 is 22.7 Å². The molecule has 1 aliphatic rings. The van der Waals surface area contributed by atoms with E-state index in [1.54, 1.807) is 49.6 Å². The molecule has 0 aliphatic carbocycles. The molecule has 0 unspecified atom stereocenters. The molecule has 27 heavy (non-hydrogen) atoms. The minimum atomic E-state index is -3.72. The van der Waals surface area contributed by atoms with Gasteiger partial charge in [-0.15, -0.1) is 0 Å². The van der Waals surface area contributed by atoms with Crippen molar-refractivity contribution in [2.75, 3.05) is 32.8 Å². The summed E-state index contributed by atoms with van der Waals surface area (Å²) in [6.45, 7) is 8.81. The van der Waals surface area contributed by atoms with Crippen molar-refractivity contribution in [2.45, 2.75) is 38.1 Å². The first-order chi connectivity index (χ1) is 12.5. The molecule has 1 fully saturated rings. The summed E-state index contributed by atoms with van der Waals surface area (Å²) in [6, 6.07) is 5.99. The first-order valence-corrected chi connectivity index (χ1v) is 10.4. The molecule has 1 aromatic rings. The molecule has 0 bridgehead atoms. The van der Waals surface area contributed by atoms with E-state index in [9.17, 15) is 18.0 Å². The van der Waals surface area contributed by atoms with Crippen molar-refractivity contribution in [2.24, 2.45) is 0 Å². The van der Waals surface area contributed by atoms with Gasteiger partial charge in [0.2, 0.25) is 10.0 Å². The van der Waals surface area contributed by atoms with E-state index in [1.165, 1.54) is 12.1 Å². The summed E-state index contributed by atoms with van der Waals surface area (Å²) < 4.78 is 32.5. The molecule has 2 rings (SSSR count). The fourth-order valence-electron chi connectivity index (χ4n) is 2.75. The molecule has 0 spiro atoms. The number of nitrogens with one attached hydrogen (secondary N) is 1. The Morgan fingerprint density at radius 2 is 1.70 bits per heavy atom. The molecule has 0 radical (unpaired) electrons. The number of hydrogen-bond acceptors (Lipinski definition) is 5. The SMILES string of the molecule is CCOC(=O)N1CCN(C(=O)c2cccc(S(=O)(=O)NC(C)(C)C)c2)CC1. The van der Waals surface area contributed by atoms with Gasteiger partial charge in [0.1, 0.15) is 0 Å². The van der Waals surface area contributed by atoms with Gasteiger partial charge in [-0.2, -0.15) is 0 Å². The summed E-state index contributed by atoms with van der Waals surface area (Å²) in [4.78, 5) is 27.7. The third kappa shape index (κ3) is 5.67. The van der Waals surface area contributed by atoms with Gasteiger partial charge in [0.25, 0.3) is 5.91 Å². The molecule has 0 aromatic heterocycles. The fourth-order valence-corrected chi connectivity index (χ4v) is 4.21. The van der Waals surface area contributed by atoms with Gasteiger partial charge >= 0.3 is 6.09 Å². The molecule has 1 saturated heterocycles. The molecule has 150 valence electrons. The van der Waals surface area contributed by atoms with Crippen LogP contribution in [0.3, 0.4) is 0 Å². The van der Waals surface area contributed by atoms with E-state index in [4.69, 9.17) is 4.74 Å². The predicted octanol–water partition coefficient (Wildman–Crippen LogP) is 1.68. The largest absolute Gasteiger partial charge is 0.450 e. The quantitative estimate of drug-likeness (QED) is 0.834. The van der Waals surface area contributed by atoms with Crippen LogP contribution in [-0.4, -0.2) is 68.5 Å². The topological polar surface area (TPSA) is 96.0 Å². The number of benzene rings is 1. The van der Waals surface area contributed by atoms with Gasteiger partial charge in [0.15, 0.2) is 0 Å². The van der Waals surface area contributed by atoms with Crippen molar-refractivity contribution in [3.05, 3.63) is 29.8 Å². The molecule has 2 amide bonds. The second-order valence-corrected chi connectivity index (χ2v) is 9.04. The summed E-state index contributed by atoms with van der Waals surface area (Å²) in [5.41, 5.74) is -0.321. The van der Waals surface area contributed by atoms with E-state index >= 15 is 0 Å². The second-order valence-electron chi connectivity index (χ2n) is 7.36. The second kappa shape index (κ2) is 8.26. The Hall–Kier alpha value is -2.13. The van der Waals surface area contributed by atoms with Crippen LogP contribution in [0.2, 0.25) is 0 Å². The smallest absolute Gasteiger partial charge is 0.409 e. The summed E-state index contributed by atoms with van der Waals surface area (Å²) in [5, 5.41) is 0.